The topological polar surface area (TPSA) is 58.6 Å². The van der Waals surface area contributed by atoms with E-state index < -0.39 is 0 Å². The quantitative estimate of drug-likeness (QED) is 0.848. The highest BCUT2D eigenvalue weighted by molar-refractivity contribution is 6.42. The van der Waals surface area contributed by atoms with E-state index in [9.17, 15) is 9.59 Å². The second kappa shape index (κ2) is 7.70. The Morgan fingerprint density at radius 3 is 2.55 bits per heavy atom. The Morgan fingerprint density at radius 2 is 1.95 bits per heavy atom. The Hall–Kier alpha value is -1.46. The van der Waals surface area contributed by atoms with Crippen LogP contribution in [0.25, 0.3) is 0 Å². The average Bonchev–Trinajstić information content (AvgIpc) is 2.51. The molecule has 120 valence electrons. The molecule has 0 saturated carbocycles. The van der Waals surface area contributed by atoms with Gasteiger partial charge >= 0.3 is 12.0 Å². The third kappa shape index (κ3) is 4.27. The van der Waals surface area contributed by atoms with Gasteiger partial charge in [0.05, 0.1) is 22.6 Å². The Kier molecular flexibility index (Phi) is 5.91. The van der Waals surface area contributed by atoms with Crippen LogP contribution in [-0.4, -0.2) is 36.6 Å². The third-order valence-electron chi connectivity index (χ3n) is 3.57. The van der Waals surface area contributed by atoms with Crippen LogP contribution < -0.4 is 5.32 Å². The molecule has 1 N–H and O–H groups in total. The van der Waals surface area contributed by atoms with Gasteiger partial charge in [0.2, 0.25) is 0 Å². The van der Waals surface area contributed by atoms with Gasteiger partial charge in [0, 0.05) is 18.8 Å². The molecule has 0 aliphatic carbocycles. The fourth-order valence-electron chi connectivity index (χ4n) is 2.35. The van der Waals surface area contributed by atoms with Gasteiger partial charge in [0.1, 0.15) is 0 Å². The van der Waals surface area contributed by atoms with Crippen LogP contribution in [0.2, 0.25) is 10.0 Å². The van der Waals surface area contributed by atoms with Crippen molar-refractivity contribution >= 4 is 40.9 Å². The smallest absolute Gasteiger partial charge is 0.321 e. The summed E-state index contributed by atoms with van der Waals surface area (Å²) in [5.74, 6) is -0.291. The molecule has 1 aromatic carbocycles. The van der Waals surface area contributed by atoms with Crippen LogP contribution in [0, 0.1) is 5.92 Å². The van der Waals surface area contributed by atoms with Gasteiger partial charge in [0.25, 0.3) is 0 Å². The zero-order valence-electron chi connectivity index (χ0n) is 12.3. The van der Waals surface area contributed by atoms with Crippen molar-refractivity contribution in [2.75, 3.05) is 25.0 Å². The van der Waals surface area contributed by atoms with Gasteiger partial charge in [0.15, 0.2) is 0 Å². The number of anilines is 1. The van der Waals surface area contributed by atoms with Crippen molar-refractivity contribution in [2.45, 2.75) is 19.8 Å². The highest BCUT2D eigenvalue weighted by Gasteiger charge is 2.28. The molecule has 0 atom stereocenters. The standard InChI is InChI=1S/C15H18Cl2N2O3/c1-2-22-14(20)10-5-7-19(8-6-10)15(21)18-11-3-4-12(16)13(17)9-11/h3-4,9-10H,2,5-8H2,1H3,(H,18,21). The van der Waals surface area contributed by atoms with E-state index in [1.165, 1.54) is 0 Å². The Balaban J connectivity index is 1.87. The number of ether oxygens (including phenoxy) is 1. The molecule has 0 spiro atoms. The summed E-state index contributed by atoms with van der Waals surface area (Å²) in [6.45, 7) is 3.22. The molecule has 1 fully saturated rings. The highest BCUT2D eigenvalue weighted by Crippen LogP contribution is 2.25. The predicted octanol–water partition coefficient (Wildman–Crippen LogP) is 3.80. The largest absolute Gasteiger partial charge is 0.466 e. The lowest BCUT2D eigenvalue weighted by atomic mass is 9.97. The summed E-state index contributed by atoms with van der Waals surface area (Å²) in [5.41, 5.74) is 0.590. The zero-order chi connectivity index (χ0) is 16.1. The number of likely N-dealkylation sites (tertiary alicyclic amines) is 1. The van der Waals surface area contributed by atoms with E-state index in [0.717, 1.165) is 0 Å². The van der Waals surface area contributed by atoms with Gasteiger partial charge in [-0.15, -0.1) is 0 Å². The van der Waals surface area contributed by atoms with Crippen LogP contribution in [0.15, 0.2) is 18.2 Å². The first-order valence-corrected chi connectivity index (χ1v) is 7.94. The van der Waals surface area contributed by atoms with Crippen LogP contribution in [0.5, 0.6) is 0 Å². The molecule has 0 radical (unpaired) electrons. The van der Waals surface area contributed by atoms with Crippen molar-refractivity contribution in [3.8, 4) is 0 Å². The number of rotatable bonds is 3. The molecule has 1 aromatic rings. The minimum Gasteiger partial charge on any atom is -0.466 e. The van der Waals surface area contributed by atoms with Crippen molar-refractivity contribution in [3.05, 3.63) is 28.2 Å². The first-order valence-electron chi connectivity index (χ1n) is 7.19. The number of urea groups is 1. The molecule has 2 amide bonds. The summed E-state index contributed by atoms with van der Waals surface area (Å²) in [6.07, 6.45) is 1.24. The number of carbonyl (C=O) groups is 2. The van der Waals surface area contributed by atoms with E-state index >= 15 is 0 Å². The summed E-state index contributed by atoms with van der Waals surface area (Å²) < 4.78 is 5.01. The number of benzene rings is 1. The zero-order valence-corrected chi connectivity index (χ0v) is 13.8. The molecule has 0 aromatic heterocycles. The first kappa shape index (κ1) is 16.9. The van der Waals surface area contributed by atoms with E-state index in [0.29, 0.717) is 48.3 Å². The molecule has 1 heterocycles. The van der Waals surface area contributed by atoms with Crippen LogP contribution in [0.1, 0.15) is 19.8 Å². The summed E-state index contributed by atoms with van der Waals surface area (Å²) >= 11 is 11.8. The summed E-state index contributed by atoms with van der Waals surface area (Å²) in [7, 11) is 0. The lowest BCUT2D eigenvalue weighted by Gasteiger charge is -2.30. The summed E-state index contributed by atoms with van der Waals surface area (Å²) in [5, 5.41) is 3.61. The average molecular weight is 345 g/mol. The molecule has 1 saturated heterocycles. The monoisotopic (exact) mass is 344 g/mol. The number of esters is 1. The van der Waals surface area contributed by atoms with Crippen molar-refractivity contribution in [3.63, 3.8) is 0 Å². The van der Waals surface area contributed by atoms with Crippen LogP contribution in [0.3, 0.4) is 0 Å². The molecular formula is C15H18Cl2N2O3. The SMILES string of the molecule is CCOC(=O)C1CCN(C(=O)Nc2ccc(Cl)c(Cl)c2)CC1. The third-order valence-corrected chi connectivity index (χ3v) is 4.31. The van der Waals surface area contributed by atoms with Gasteiger partial charge in [-0.25, -0.2) is 4.79 Å². The van der Waals surface area contributed by atoms with E-state index in [-0.39, 0.29) is 17.9 Å². The summed E-state index contributed by atoms with van der Waals surface area (Å²) in [6, 6.07) is 4.72. The number of halogens is 2. The van der Waals surface area contributed by atoms with Crippen molar-refractivity contribution in [1.82, 2.24) is 4.90 Å². The maximum atomic E-state index is 12.2. The molecule has 1 aliphatic rings. The number of carbonyl (C=O) groups excluding carboxylic acids is 2. The minimum absolute atomic E-state index is 0.117. The van der Waals surface area contributed by atoms with Gasteiger partial charge in [-0.1, -0.05) is 23.2 Å². The highest BCUT2D eigenvalue weighted by atomic mass is 35.5. The van der Waals surface area contributed by atoms with Crippen molar-refractivity contribution in [1.29, 1.82) is 0 Å². The van der Waals surface area contributed by atoms with E-state index in [2.05, 4.69) is 5.32 Å². The molecule has 5 nitrogen and oxygen atoms in total. The number of amides is 2. The maximum Gasteiger partial charge on any atom is 0.321 e. The van der Waals surface area contributed by atoms with E-state index in [1.807, 2.05) is 0 Å². The second-order valence-electron chi connectivity index (χ2n) is 5.07. The van der Waals surface area contributed by atoms with Gasteiger partial charge in [-0.2, -0.15) is 0 Å². The van der Waals surface area contributed by atoms with Crippen molar-refractivity contribution in [2.24, 2.45) is 5.92 Å². The lowest BCUT2D eigenvalue weighted by Crippen LogP contribution is -2.42. The summed E-state index contributed by atoms with van der Waals surface area (Å²) in [4.78, 5) is 25.5. The number of nitrogens with one attached hydrogen (secondary N) is 1. The van der Waals surface area contributed by atoms with Crippen LogP contribution in [0.4, 0.5) is 10.5 Å². The molecule has 2 rings (SSSR count). The lowest BCUT2D eigenvalue weighted by molar-refractivity contribution is -0.149. The number of piperidine rings is 1. The Morgan fingerprint density at radius 1 is 1.27 bits per heavy atom. The molecule has 22 heavy (non-hydrogen) atoms. The molecule has 0 unspecified atom stereocenters. The molecule has 0 bridgehead atoms. The fourth-order valence-corrected chi connectivity index (χ4v) is 2.65. The van der Waals surface area contributed by atoms with Crippen LogP contribution in [-0.2, 0) is 9.53 Å². The molecule has 1 aliphatic heterocycles. The second-order valence-corrected chi connectivity index (χ2v) is 5.89. The van der Waals surface area contributed by atoms with Crippen molar-refractivity contribution < 1.29 is 14.3 Å². The van der Waals surface area contributed by atoms with Gasteiger partial charge in [-0.3, -0.25) is 4.79 Å². The predicted molar refractivity (Wildman–Crippen MR) is 86.4 cm³/mol. The maximum absolute atomic E-state index is 12.2. The Bertz CT molecular complexity index is 558. The van der Waals surface area contributed by atoms with Crippen LogP contribution >= 0.6 is 23.2 Å². The number of hydrogen-bond donors (Lipinski definition) is 1. The number of hydrogen-bond acceptors (Lipinski definition) is 3. The fraction of sp³-hybridized carbons (Fsp3) is 0.467. The molecular weight excluding hydrogens is 327 g/mol. The number of nitrogens with zero attached hydrogens (tertiary/aromatic N) is 1. The normalized spacial score (nSPS) is 15.5. The first-order chi connectivity index (χ1) is 10.5. The minimum atomic E-state index is -0.208. The van der Waals surface area contributed by atoms with E-state index in [4.69, 9.17) is 27.9 Å². The van der Waals surface area contributed by atoms with Gasteiger partial charge < -0.3 is 15.0 Å². The molecule has 7 heteroatoms. The van der Waals surface area contributed by atoms with Gasteiger partial charge in [-0.05, 0) is 38.0 Å². The van der Waals surface area contributed by atoms with E-state index in [1.54, 1.807) is 30.0 Å². The Labute approximate surface area is 139 Å².